The van der Waals surface area contributed by atoms with Gasteiger partial charge in [-0.1, -0.05) is 0 Å². The summed E-state index contributed by atoms with van der Waals surface area (Å²) in [5, 5.41) is 12.3. The van der Waals surface area contributed by atoms with Crippen molar-refractivity contribution < 1.29 is 5.11 Å². The van der Waals surface area contributed by atoms with E-state index in [-0.39, 0.29) is 12.1 Å². The molecule has 0 saturated heterocycles. The van der Waals surface area contributed by atoms with Crippen LogP contribution in [0.25, 0.3) is 0 Å². The Kier molecular flexibility index (Phi) is 4.60. The number of nitrogens with zero attached hydrogens (tertiary/aromatic N) is 1. The Morgan fingerprint density at radius 1 is 1.50 bits per heavy atom. The first-order chi connectivity index (χ1) is 4.59. The van der Waals surface area contributed by atoms with Crippen molar-refractivity contribution in [3.63, 3.8) is 0 Å². The summed E-state index contributed by atoms with van der Waals surface area (Å²) < 4.78 is 0. The van der Waals surface area contributed by atoms with Crippen molar-refractivity contribution in [2.24, 2.45) is 0 Å². The van der Waals surface area contributed by atoms with E-state index in [0.29, 0.717) is 6.54 Å². The Hall–Kier alpha value is -0.120. The van der Waals surface area contributed by atoms with Gasteiger partial charge in [0.1, 0.15) is 0 Å². The molecule has 0 fully saturated rings. The fourth-order valence-electron chi connectivity index (χ4n) is 0.724. The van der Waals surface area contributed by atoms with Crippen molar-refractivity contribution in [3.8, 4) is 0 Å². The molecule has 0 aromatic rings. The van der Waals surface area contributed by atoms with Gasteiger partial charge in [-0.15, -0.1) is 0 Å². The van der Waals surface area contributed by atoms with Gasteiger partial charge >= 0.3 is 0 Å². The van der Waals surface area contributed by atoms with Crippen molar-refractivity contribution in [3.05, 3.63) is 0 Å². The van der Waals surface area contributed by atoms with Crippen LogP contribution in [0.3, 0.4) is 0 Å². The molecule has 1 unspecified atom stereocenters. The van der Waals surface area contributed by atoms with Crippen molar-refractivity contribution in [1.29, 1.82) is 0 Å². The summed E-state index contributed by atoms with van der Waals surface area (Å²) in [6.45, 7) is 2.65. The standard InChI is InChI=1S/C7H18N2O/c1-6(9(3)4)7(10)5-8-2/h6-8,10H,5H2,1-4H3/t6-,7?/m0/s1. The Bertz CT molecular complexity index is 85.7. The first-order valence-corrected chi connectivity index (χ1v) is 3.58. The second kappa shape index (κ2) is 4.66. The molecule has 0 spiro atoms. The van der Waals surface area contributed by atoms with Gasteiger partial charge in [0.25, 0.3) is 0 Å². The summed E-state index contributed by atoms with van der Waals surface area (Å²) in [5.74, 6) is 0. The molecule has 0 rings (SSSR count). The van der Waals surface area contributed by atoms with Crippen LogP contribution in [0, 0.1) is 0 Å². The van der Waals surface area contributed by atoms with E-state index in [1.807, 2.05) is 33.0 Å². The highest BCUT2D eigenvalue weighted by Gasteiger charge is 2.14. The SMILES string of the molecule is CNCC(O)[C@H](C)N(C)C. The van der Waals surface area contributed by atoms with Crippen LogP contribution in [0.4, 0.5) is 0 Å². The van der Waals surface area contributed by atoms with Gasteiger partial charge in [-0.2, -0.15) is 0 Å². The molecule has 62 valence electrons. The molecule has 2 N–H and O–H groups in total. The maximum absolute atomic E-state index is 9.38. The predicted molar refractivity (Wildman–Crippen MR) is 43.1 cm³/mol. The van der Waals surface area contributed by atoms with E-state index in [1.54, 1.807) is 0 Å². The fraction of sp³-hybridized carbons (Fsp3) is 1.00. The van der Waals surface area contributed by atoms with Crippen molar-refractivity contribution in [2.45, 2.75) is 19.1 Å². The van der Waals surface area contributed by atoms with Crippen LogP contribution in [0.2, 0.25) is 0 Å². The molecule has 3 heteroatoms. The first kappa shape index (κ1) is 9.88. The van der Waals surface area contributed by atoms with E-state index in [1.165, 1.54) is 0 Å². The molecule has 0 aromatic heterocycles. The number of rotatable bonds is 4. The molecule has 0 aromatic carbocycles. The highest BCUT2D eigenvalue weighted by Crippen LogP contribution is 1.97. The van der Waals surface area contributed by atoms with E-state index < -0.39 is 0 Å². The lowest BCUT2D eigenvalue weighted by molar-refractivity contribution is 0.0868. The van der Waals surface area contributed by atoms with E-state index in [9.17, 15) is 5.11 Å². The Morgan fingerprint density at radius 2 is 2.00 bits per heavy atom. The minimum atomic E-state index is -0.278. The van der Waals surface area contributed by atoms with Crippen LogP contribution in [0.15, 0.2) is 0 Å². The number of aliphatic hydroxyl groups excluding tert-OH is 1. The van der Waals surface area contributed by atoms with Gasteiger partial charge in [-0.25, -0.2) is 0 Å². The molecule has 0 aliphatic rings. The second-order valence-corrected chi connectivity index (χ2v) is 2.83. The third-order valence-electron chi connectivity index (χ3n) is 1.78. The van der Waals surface area contributed by atoms with Crippen LogP contribution in [0.1, 0.15) is 6.92 Å². The zero-order chi connectivity index (χ0) is 8.15. The van der Waals surface area contributed by atoms with Gasteiger partial charge in [0, 0.05) is 12.6 Å². The molecule has 2 atom stereocenters. The van der Waals surface area contributed by atoms with Crippen LogP contribution in [0.5, 0.6) is 0 Å². The predicted octanol–water partition coefficient (Wildman–Crippen LogP) is -0.483. The maximum atomic E-state index is 9.38. The smallest absolute Gasteiger partial charge is 0.0816 e. The van der Waals surface area contributed by atoms with E-state index >= 15 is 0 Å². The summed E-state index contributed by atoms with van der Waals surface area (Å²) in [4.78, 5) is 2.00. The van der Waals surface area contributed by atoms with Gasteiger partial charge < -0.3 is 15.3 Å². The van der Waals surface area contributed by atoms with Crippen molar-refractivity contribution >= 4 is 0 Å². The normalized spacial score (nSPS) is 17.4. The van der Waals surface area contributed by atoms with Gasteiger partial charge in [-0.3, -0.25) is 0 Å². The van der Waals surface area contributed by atoms with E-state index in [2.05, 4.69) is 5.32 Å². The molecule has 0 radical (unpaired) electrons. The number of hydrogen-bond acceptors (Lipinski definition) is 3. The maximum Gasteiger partial charge on any atom is 0.0816 e. The van der Waals surface area contributed by atoms with Crippen molar-refractivity contribution in [2.75, 3.05) is 27.7 Å². The highest BCUT2D eigenvalue weighted by molar-refractivity contribution is 4.71. The summed E-state index contributed by atoms with van der Waals surface area (Å²) in [5.41, 5.74) is 0. The molecular weight excluding hydrogens is 128 g/mol. The molecule has 0 bridgehead atoms. The molecule has 10 heavy (non-hydrogen) atoms. The molecule has 0 heterocycles. The number of nitrogens with one attached hydrogen (secondary N) is 1. The summed E-state index contributed by atoms with van der Waals surface area (Å²) in [7, 11) is 5.76. The summed E-state index contributed by atoms with van der Waals surface area (Å²) in [6, 6.07) is 0.215. The summed E-state index contributed by atoms with van der Waals surface area (Å²) in [6.07, 6.45) is -0.278. The Balaban J connectivity index is 3.58. The third kappa shape index (κ3) is 3.15. The van der Waals surface area contributed by atoms with Crippen LogP contribution in [-0.2, 0) is 0 Å². The molecule has 0 aliphatic heterocycles. The largest absolute Gasteiger partial charge is 0.390 e. The van der Waals surface area contributed by atoms with Crippen LogP contribution >= 0.6 is 0 Å². The minimum absolute atomic E-state index is 0.215. The third-order valence-corrected chi connectivity index (χ3v) is 1.78. The Morgan fingerprint density at radius 3 is 2.30 bits per heavy atom. The number of likely N-dealkylation sites (N-methyl/N-ethyl adjacent to an activating group) is 2. The Labute approximate surface area is 63.0 Å². The van der Waals surface area contributed by atoms with Crippen LogP contribution in [-0.4, -0.2) is 49.8 Å². The zero-order valence-corrected chi connectivity index (χ0v) is 7.26. The lowest BCUT2D eigenvalue weighted by Gasteiger charge is -2.24. The topological polar surface area (TPSA) is 35.5 Å². The minimum Gasteiger partial charge on any atom is -0.390 e. The highest BCUT2D eigenvalue weighted by atomic mass is 16.3. The molecule has 0 amide bonds. The van der Waals surface area contributed by atoms with Crippen LogP contribution < -0.4 is 5.32 Å². The van der Waals surface area contributed by atoms with Gasteiger partial charge in [0.2, 0.25) is 0 Å². The van der Waals surface area contributed by atoms with E-state index in [4.69, 9.17) is 0 Å². The molecular formula is C7H18N2O. The molecule has 0 saturated carbocycles. The summed E-state index contributed by atoms with van der Waals surface area (Å²) >= 11 is 0. The quantitative estimate of drug-likeness (QED) is 0.562. The lowest BCUT2D eigenvalue weighted by Crippen LogP contribution is -2.41. The molecule has 0 aliphatic carbocycles. The lowest BCUT2D eigenvalue weighted by atomic mass is 10.2. The van der Waals surface area contributed by atoms with Gasteiger partial charge in [-0.05, 0) is 28.1 Å². The average Bonchev–Trinajstić information content (AvgIpc) is 1.87. The fourth-order valence-corrected chi connectivity index (χ4v) is 0.724. The van der Waals surface area contributed by atoms with E-state index in [0.717, 1.165) is 0 Å². The average molecular weight is 146 g/mol. The zero-order valence-electron chi connectivity index (χ0n) is 7.26. The number of hydrogen-bond donors (Lipinski definition) is 2. The monoisotopic (exact) mass is 146 g/mol. The number of aliphatic hydroxyl groups is 1. The first-order valence-electron chi connectivity index (χ1n) is 3.58. The van der Waals surface area contributed by atoms with Gasteiger partial charge in [0.05, 0.1) is 6.10 Å². The second-order valence-electron chi connectivity index (χ2n) is 2.83. The van der Waals surface area contributed by atoms with Crippen molar-refractivity contribution in [1.82, 2.24) is 10.2 Å². The molecule has 3 nitrogen and oxygen atoms in total. The van der Waals surface area contributed by atoms with Gasteiger partial charge in [0.15, 0.2) is 0 Å².